The van der Waals surface area contributed by atoms with Crippen LogP contribution in [0.25, 0.3) is 0 Å². The highest BCUT2D eigenvalue weighted by Gasteiger charge is 2.09. The van der Waals surface area contributed by atoms with E-state index in [1.807, 2.05) is 19.1 Å². The fourth-order valence-corrected chi connectivity index (χ4v) is 4.01. The number of nitrogens with one attached hydrogen (secondary N) is 1. The van der Waals surface area contributed by atoms with Gasteiger partial charge in [0.1, 0.15) is 0 Å². The molecular formula is C13H18Br3NO3. The average Bonchev–Trinajstić information content (AvgIpc) is 2.37. The van der Waals surface area contributed by atoms with Gasteiger partial charge in [0.2, 0.25) is 0 Å². The Morgan fingerprint density at radius 1 is 1.15 bits per heavy atom. The highest BCUT2D eigenvalue weighted by Crippen LogP contribution is 2.34. The number of anilines is 1. The molecule has 0 radical (unpaired) electrons. The highest BCUT2D eigenvalue weighted by atomic mass is 79.9. The molecule has 1 atom stereocenters. The molecule has 114 valence electrons. The third-order valence-electron chi connectivity index (χ3n) is 2.41. The lowest BCUT2D eigenvalue weighted by Crippen LogP contribution is -2.26. The maximum Gasteiger partial charge on any atom is 0.0945 e. The number of halogens is 3. The molecular weight excluding hydrogens is 458 g/mol. The Kier molecular flexibility index (Phi) is 9.31. The van der Waals surface area contributed by atoms with Crippen LogP contribution in [0.5, 0.6) is 0 Å². The number of aliphatic hydroxyl groups excluding tert-OH is 1. The molecule has 4 nitrogen and oxygen atoms in total. The molecule has 1 unspecified atom stereocenters. The van der Waals surface area contributed by atoms with E-state index < -0.39 is 6.10 Å². The van der Waals surface area contributed by atoms with E-state index in [1.54, 1.807) is 0 Å². The van der Waals surface area contributed by atoms with Gasteiger partial charge in [0.15, 0.2) is 0 Å². The van der Waals surface area contributed by atoms with Crippen LogP contribution < -0.4 is 5.32 Å². The van der Waals surface area contributed by atoms with Crippen molar-refractivity contribution in [2.45, 2.75) is 13.0 Å². The summed E-state index contributed by atoms with van der Waals surface area (Å²) in [6.07, 6.45) is -0.570. The fraction of sp³-hybridized carbons (Fsp3) is 0.538. The summed E-state index contributed by atoms with van der Waals surface area (Å²) in [6, 6.07) is 3.89. The number of benzene rings is 1. The summed E-state index contributed by atoms with van der Waals surface area (Å²) in [4.78, 5) is 0. The molecule has 20 heavy (non-hydrogen) atoms. The largest absolute Gasteiger partial charge is 0.389 e. The first-order valence-electron chi connectivity index (χ1n) is 6.26. The van der Waals surface area contributed by atoms with Gasteiger partial charge in [0.25, 0.3) is 0 Å². The summed E-state index contributed by atoms with van der Waals surface area (Å²) >= 11 is 10.4. The Morgan fingerprint density at radius 3 is 2.35 bits per heavy atom. The summed E-state index contributed by atoms with van der Waals surface area (Å²) < 4.78 is 13.3. The molecule has 1 aromatic carbocycles. The van der Waals surface area contributed by atoms with E-state index in [2.05, 4.69) is 53.1 Å². The zero-order valence-corrected chi connectivity index (χ0v) is 15.9. The molecule has 1 rings (SSSR count). The van der Waals surface area contributed by atoms with Gasteiger partial charge in [-0.05, 0) is 50.9 Å². The van der Waals surface area contributed by atoms with E-state index in [9.17, 15) is 5.11 Å². The highest BCUT2D eigenvalue weighted by molar-refractivity contribution is 9.11. The number of hydrogen-bond acceptors (Lipinski definition) is 4. The van der Waals surface area contributed by atoms with E-state index in [1.165, 1.54) is 0 Å². The first-order chi connectivity index (χ1) is 9.54. The maximum atomic E-state index is 9.84. The van der Waals surface area contributed by atoms with Gasteiger partial charge in [-0.2, -0.15) is 0 Å². The second-order valence-electron chi connectivity index (χ2n) is 4.05. The predicted molar refractivity (Wildman–Crippen MR) is 91.4 cm³/mol. The van der Waals surface area contributed by atoms with Gasteiger partial charge in [-0.3, -0.25) is 0 Å². The zero-order valence-electron chi connectivity index (χ0n) is 11.2. The minimum atomic E-state index is -0.570. The van der Waals surface area contributed by atoms with Gasteiger partial charge in [0, 0.05) is 26.6 Å². The first kappa shape index (κ1) is 18.4. The number of rotatable bonds is 9. The summed E-state index contributed by atoms with van der Waals surface area (Å²) in [5.74, 6) is 0. The van der Waals surface area contributed by atoms with Gasteiger partial charge in [-0.25, -0.2) is 0 Å². The molecule has 0 aliphatic rings. The molecule has 0 amide bonds. The number of ether oxygens (including phenoxy) is 2. The molecule has 0 bridgehead atoms. The minimum Gasteiger partial charge on any atom is -0.389 e. The summed E-state index contributed by atoms with van der Waals surface area (Å²) in [5, 5.41) is 13.0. The van der Waals surface area contributed by atoms with Crippen molar-refractivity contribution in [2.24, 2.45) is 0 Å². The molecule has 7 heteroatoms. The van der Waals surface area contributed by atoms with Crippen LogP contribution in [0.2, 0.25) is 0 Å². The average molecular weight is 476 g/mol. The van der Waals surface area contributed by atoms with Crippen molar-refractivity contribution in [1.82, 2.24) is 0 Å². The third-order valence-corrected chi connectivity index (χ3v) is 4.12. The van der Waals surface area contributed by atoms with E-state index >= 15 is 0 Å². The second kappa shape index (κ2) is 10.1. The first-order valence-corrected chi connectivity index (χ1v) is 8.64. The molecule has 0 saturated heterocycles. The van der Waals surface area contributed by atoms with Crippen LogP contribution in [0.1, 0.15) is 6.92 Å². The van der Waals surface area contributed by atoms with E-state index in [-0.39, 0.29) is 6.61 Å². The number of aliphatic hydroxyl groups is 1. The molecule has 0 saturated carbocycles. The molecule has 0 aliphatic carbocycles. The molecule has 0 aromatic heterocycles. The lowest BCUT2D eigenvalue weighted by atomic mass is 10.3. The normalized spacial score (nSPS) is 12.4. The molecule has 0 heterocycles. The number of hydrogen-bond donors (Lipinski definition) is 2. The molecule has 0 aliphatic heterocycles. The van der Waals surface area contributed by atoms with Crippen molar-refractivity contribution in [2.75, 3.05) is 38.3 Å². The Balaban J connectivity index is 2.32. The SMILES string of the molecule is CCOCCOCC(O)CNc1c(Br)cc(Br)cc1Br. The van der Waals surface area contributed by atoms with Crippen LogP contribution in [0.15, 0.2) is 25.6 Å². The maximum absolute atomic E-state index is 9.84. The van der Waals surface area contributed by atoms with Gasteiger partial charge in [0.05, 0.1) is 31.6 Å². The van der Waals surface area contributed by atoms with Gasteiger partial charge in [-0.15, -0.1) is 0 Å². The summed E-state index contributed by atoms with van der Waals surface area (Å²) in [6.45, 7) is 4.36. The Morgan fingerprint density at radius 2 is 1.75 bits per heavy atom. The van der Waals surface area contributed by atoms with E-state index in [0.29, 0.717) is 26.4 Å². The minimum absolute atomic E-state index is 0.284. The van der Waals surface area contributed by atoms with Crippen LogP contribution in [0, 0.1) is 0 Å². The molecule has 0 spiro atoms. The van der Waals surface area contributed by atoms with Crippen LogP contribution in [-0.2, 0) is 9.47 Å². The van der Waals surface area contributed by atoms with Crippen molar-refractivity contribution in [1.29, 1.82) is 0 Å². The zero-order chi connectivity index (χ0) is 15.0. The van der Waals surface area contributed by atoms with E-state index in [4.69, 9.17) is 9.47 Å². The van der Waals surface area contributed by atoms with Crippen molar-refractivity contribution in [3.63, 3.8) is 0 Å². The summed E-state index contributed by atoms with van der Waals surface area (Å²) in [5.41, 5.74) is 0.904. The Labute approximate surface area is 144 Å². The van der Waals surface area contributed by atoms with E-state index in [0.717, 1.165) is 19.1 Å². The van der Waals surface area contributed by atoms with Crippen molar-refractivity contribution >= 4 is 53.5 Å². The second-order valence-corrected chi connectivity index (χ2v) is 6.68. The Bertz CT molecular complexity index is 395. The van der Waals surface area contributed by atoms with Gasteiger partial charge in [-0.1, -0.05) is 15.9 Å². The van der Waals surface area contributed by atoms with Crippen LogP contribution in [-0.4, -0.2) is 44.2 Å². The predicted octanol–water partition coefficient (Wildman–Crippen LogP) is 3.80. The molecule has 2 N–H and O–H groups in total. The Hall–Kier alpha value is 0.340. The van der Waals surface area contributed by atoms with Crippen LogP contribution in [0.3, 0.4) is 0 Å². The fourth-order valence-electron chi connectivity index (χ4n) is 1.47. The lowest BCUT2D eigenvalue weighted by Gasteiger charge is -2.15. The monoisotopic (exact) mass is 473 g/mol. The third kappa shape index (κ3) is 6.87. The lowest BCUT2D eigenvalue weighted by molar-refractivity contribution is 0.0103. The quantitative estimate of drug-likeness (QED) is 0.533. The van der Waals surface area contributed by atoms with Crippen LogP contribution >= 0.6 is 47.8 Å². The molecule has 1 aromatic rings. The van der Waals surface area contributed by atoms with Crippen molar-refractivity contribution in [3.8, 4) is 0 Å². The topological polar surface area (TPSA) is 50.7 Å². The van der Waals surface area contributed by atoms with Gasteiger partial charge < -0.3 is 19.9 Å². The standard InChI is InChI=1S/C13H18Br3NO3/c1-2-19-3-4-20-8-10(18)7-17-13-11(15)5-9(14)6-12(13)16/h5-6,10,17-18H,2-4,7-8H2,1H3. The van der Waals surface area contributed by atoms with Crippen molar-refractivity contribution < 1.29 is 14.6 Å². The van der Waals surface area contributed by atoms with Gasteiger partial charge >= 0.3 is 0 Å². The molecule has 0 fully saturated rings. The van der Waals surface area contributed by atoms with Crippen LogP contribution in [0.4, 0.5) is 5.69 Å². The smallest absolute Gasteiger partial charge is 0.0945 e. The summed E-state index contributed by atoms with van der Waals surface area (Å²) in [7, 11) is 0. The van der Waals surface area contributed by atoms with Crippen molar-refractivity contribution in [3.05, 3.63) is 25.6 Å².